The van der Waals surface area contributed by atoms with Gasteiger partial charge in [-0.25, -0.2) is 19.3 Å². The van der Waals surface area contributed by atoms with Gasteiger partial charge in [0, 0.05) is 11.8 Å². The van der Waals surface area contributed by atoms with Crippen LogP contribution < -0.4 is 10.6 Å². The summed E-state index contributed by atoms with van der Waals surface area (Å²) < 4.78 is 13.6. The van der Waals surface area contributed by atoms with Gasteiger partial charge in [-0.15, -0.1) is 11.3 Å². The fraction of sp³-hybridized carbons (Fsp3) is 0.269. The predicted molar refractivity (Wildman–Crippen MR) is 133 cm³/mol. The maximum absolute atomic E-state index is 13.6. The Morgan fingerprint density at radius 3 is 2.50 bits per heavy atom. The molecular formula is C26H26FN5OS. The summed E-state index contributed by atoms with van der Waals surface area (Å²) in [5.41, 5.74) is 2.32. The molecule has 3 heterocycles. The van der Waals surface area contributed by atoms with Crippen molar-refractivity contribution in [3.05, 3.63) is 83.2 Å². The lowest BCUT2D eigenvalue weighted by molar-refractivity contribution is 0.00582. The molecule has 1 unspecified atom stereocenters. The number of piperidine rings is 1. The third-order valence-corrected chi connectivity index (χ3v) is 7.38. The van der Waals surface area contributed by atoms with Gasteiger partial charge >= 0.3 is 0 Å². The average Bonchev–Trinajstić information content (AvgIpc) is 3.32. The van der Waals surface area contributed by atoms with Crippen molar-refractivity contribution < 1.29 is 9.50 Å². The van der Waals surface area contributed by atoms with E-state index >= 15 is 0 Å². The van der Waals surface area contributed by atoms with Crippen LogP contribution in [0.5, 0.6) is 0 Å². The van der Waals surface area contributed by atoms with Crippen LogP contribution in [0, 0.1) is 5.82 Å². The van der Waals surface area contributed by atoms with E-state index in [0.29, 0.717) is 35.2 Å². The molecule has 4 aromatic rings. The number of halogens is 1. The van der Waals surface area contributed by atoms with E-state index in [0.717, 1.165) is 29.1 Å². The van der Waals surface area contributed by atoms with E-state index in [1.54, 1.807) is 18.3 Å². The van der Waals surface area contributed by atoms with Crippen LogP contribution in [0.25, 0.3) is 21.8 Å². The molecule has 0 bridgehead atoms. The topological polar surface area (TPSA) is 83.0 Å². The summed E-state index contributed by atoms with van der Waals surface area (Å²) in [5.74, 6) is 0.204. The quantitative estimate of drug-likeness (QED) is 0.358. The minimum absolute atomic E-state index is 0.0282. The first-order valence-electron chi connectivity index (χ1n) is 11.4. The predicted octanol–water partition coefficient (Wildman–Crippen LogP) is 5.15. The third kappa shape index (κ3) is 4.70. The van der Waals surface area contributed by atoms with Gasteiger partial charge < -0.3 is 15.7 Å². The molecule has 0 saturated carbocycles. The van der Waals surface area contributed by atoms with E-state index in [9.17, 15) is 9.50 Å². The standard InChI is InChI=1S/C26H26FN5OS/c1-17(18-5-3-2-4-6-18)30-25-29-14-11-21(31-25)23-22(19-7-9-20(27)10-8-19)32-24(34-23)26(33)12-15-28-16-13-26/h2-11,14,17,28,33H,12-13,15-16H2,1H3,(H,29,30,31). The van der Waals surface area contributed by atoms with Crippen LogP contribution >= 0.6 is 11.3 Å². The van der Waals surface area contributed by atoms with Crippen LogP contribution in [0.2, 0.25) is 0 Å². The molecule has 174 valence electrons. The van der Waals surface area contributed by atoms with Crippen molar-refractivity contribution >= 4 is 17.3 Å². The summed E-state index contributed by atoms with van der Waals surface area (Å²) in [5, 5.41) is 18.6. The number of aliphatic hydroxyl groups is 1. The SMILES string of the molecule is CC(Nc1nccc(-c2sc(C3(O)CCNCC3)nc2-c2ccc(F)cc2)n1)c1ccccc1. The molecule has 34 heavy (non-hydrogen) atoms. The third-order valence-electron chi connectivity index (χ3n) is 6.11. The van der Waals surface area contributed by atoms with E-state index in [-0.39, 0.29) is 11.9 Å². The average molecular weight is 476 g/mol. The number of hydrogen-bond donors (Lipinski definition) is 3. The Bertz CT molecular complexity index is 1260. The van der Waals surface area contributed by atoms with Gasteiger partial charge in [0.15, 0.2) is 0 Å². The van der Waals surface area contributed by atoms with Gasteiger partial charge in [0.2, 0.25) is 5.95 Å². The smallest absolute Gasteiger partial charge is 0.223 e. The van der Waals surface area contributed by atoms with Crippen LogP contribution in [0.4, 0.5) is 10.3 Å². The van der Waals surface area contributed by atoms with Crippen molar-refractivity contribution in [3.63, 3.8) is 0 Å². The van der Waals surface area contributed by atoms with Crippen molar-refractivity contribution in [2.24, 2.45) is 0 Å². The number of rotatable bonds is 6. The molecule has 0 amide bonds. The number of benzene rings is 2. The molecule has 3 N–H and O–H groups in total. The molecule has 1 aliphatic rings. The molecule has 8 heteroatoms. The van der Waals surface area contributed by atoms with Gasteiger partial charge in [-0.3, -0.25) is 0 Å². The van der Waals surface area contributed by atoms with Crippen LogP contribution in [-0.2, 0) is 5.60 Å². The van der Waals surface area contributed by atoms with E-state index in [4.69, 9.17) is 9.97 Å². The highest BCUT2D eigenvalue weighted by molar-refractivity contribution is 7.15. The van der Waals surface area contributed by atoms with Gasteiger partial charge in [-0.1, -0.05) is 30.3 Å². The first-order chi connectivity index (χ1) is 16.5. The van der Waals surface area contributed by atoms with E-state index in [1.165, 1.54) is 23.5 Å². The van der Waals surface area contributed by atoms with Gasteiger partial charge in [0.05, 0.1) is 22.3 Å². The Hall–Kier alpha value is -3.20. The van der Waals surface area contributed by atoms with Crippen molar-refractivity contribution in [1.29, 1.82) is 0 Å². The number of hydrogen-bond acceptors (Lipinski definition) is 7. The number of thiazole rings is 1. The van der Waals surface area contributed by atoms with Crippen LogP contribution in [0.15, 0.2) is 66.9 Å². The van der Waals surface area contributed by atoms with Crippen LogP contribution in [0.3, 0.4) is 0 Å². The molecule has 2 aromatic carbocycles. The maximum atomic E-state index is 13.6. The van der Waals surface area contributed by atoms with Crippen molar-refractivity contribution in [3.8, 4) is 21.8 Å². The van der Waals surface area contributed by atoms with Crippen molar-refractivity contribution in [1.82, 2.24) is 20.3 Å². The van der Waals surface area contributed by atoms with Crippen LogP contribution in [0.1, 0.15) is 36.4 Å². The van der Waals surface area contributed by atoms with E-state index < -0.39 is 5.60 Å². The van der Waals surface area contributed by atoms with E-state index in [1.807, 2.05) is 24.3 Å². The molecular weight excluding hydrogens is 449 g/mol. The highest BCUT2D eigenvalue weighted by Gasteiger charge is 2.35. The monoisotopic (exact) mass is 475 g/mol. The van der Waals surface area contributed by atoms with Gasteiger partial charge in [-0.05, 0) is 68.8 Å². The zero-order valence-electron chi connectivity index (χ0n) is 18.8. The second-order valence-corrected chi connectivity index (χ2v) is 9.53. The molecule has 1 saturated heterocycles. The Morgan fingerprint density at radius 2 is 1.76 bits per heavy atom. The second kappa shape index (κ2) is 9.58. The van der Waals surface area contributed by atoms with Gasteiger partial charge in [0.1, 0.15) is 16.4 Å². The highest BCUT2D eigenvalue weighted by atomic mass is 32.1. The Labute approximate surface area is 202 Å². The van der Waals surface area contributed by atoms with E-state index in [2.05, 4.69) is 34.7 Å². The minimum atomic E-state index is -0.987. The van der Waals surface area contributed by atoms with Crippen molar-refractivity contribution in [2.75, 3.05) is 18.4 Å². The zero-order chi connectivity index (χ0) is 23.5. The second-order valence-electron chi connectivity index (χ2n) is 8.53. The summed E-state index contributed by atoms with van der Waals surface area (Å²) in [4.78, 5) is 14.9. The summed E-state index contributed by atoms with van der Waals surface area (Å²) >= 11 is 1.44. The Morgan fingerprint density at radius 1 is 1.03 bits per heavy atom. The lowest BCUT2D eigenvalue weighted by atomic mass is 9.93. The fourth-order valence-electron chi connectivity index (χ4n) is 4.12. The summed E-state index contributed by atoms with van der Waals surface area (Å²) in [7, 11) is 0. The molecule has 0 spiro atoms. The van der Waals surface area contributed by atoms with Crippen LogP contribution in [-0.4, -0.2) is 33.1 Å². The number of anilines is 1. The molecule has 0 aliphatic carbocycles. The molecule has 0 radical (unpaired) electrons. The summed E-state index contributed by atoms with van der Waals surface area (Å²) in [6.07, 6.45) is 2.90. The molecule has 1 atom stereocenters. The largest absolute Gasteiger partial charge is 0.383 e. The minimum Gasteiger partial charge on any atom is -0.383 e. The van der Waals surface area contributed by atoms with Gasteiger partial charge in [0.25, 0.3) is 0 Å². The molecule has 6 nitrogen and oxygen atoms in total. The molecule has 5 rings (SSSR count). The molecule has 1 aliphatic heterocycles. The zero-order valence-corrected chi connectivity index (χ0v) is 19.6. The maximum Gasteiger partial charge on any atom is 0.223 e. The first-order valence-corrected chi connectivity index (χ1v) is 12.2. The Balaban J connectivity index is 1.53. The number of nitrogens with one attached hydrogen (secondary N) is 2. The molecule has 2 aromatic heterocycles. The Kier molecular flexibility index (Phi) is 6.36. The lowest BCUT2D eigenvalue weighted by Gasteiger charge is -2.30. The number of nitrogens with zero attached hydrogens (tertiary/aromatic N) is 3. The normalized spacial score (nSPS) is 16.2. The summed E-state index contributed by atoms with van der Waals surface area (Å²) in [6, 6.07) is 18.3. The highest BCUT2D eigenvalue weighted by Crippen LogP contribution is 2.42. The number of aromatic nitrogens is 3. The molecule has 1 fully saturated rings. The summed E-state index contributed by atoms with van der Waals surface area (Å²) in [6.45, 7) is 3.53. The first kappa shape index (κ1) is 22.6. The lowest BCUT2D eigenvalue weighted by Crippen LogP contribution is -2.39. The van der Waals surface area contributed by atoms with Gasteiger partial charge in [-0.2, -0.15) is 0 Å². The van der Waals surface area contributed by atoms with Crippen molar-refractivity contribution in [2.45, 2.75) is 31.4 Å². The fourth-order valence-corrected chi connectivity index (χ4v) is 5.33.